The average Bonchev–Trinajstić information content (AvgIpc) is 2.27. The Labute approximate surface area is 116 Å². The van der Waals surface area contributed by atoms with E-state index in [-0.39, 0.29) is 4.90 Å². The SMILES string of the molecule is CC(C)(NC(=O)Nc1ccc(S(N)(=O)=O)cc1)C(=O)O. The molecule has 0 unspecified atom stereocenters. The van der Waals surface area contributed by atoms with Gasteiger partial charge in [-0.25, -0.2) is 23.1 Å². The summed E-state index contributed by atoms with van der Waals surface area (Å²) < 4.78 is 22.1. The fraction of sp³-hybridized carbons (Fsp3) is 0.273. The zero-order valence-corrected chi connectivity index (χ0v) is 11.7. The lowest BCUT2D eigenvalue weighted by Gasteiger charge is -2.21. The summed E-state index contributed by atoms with van der Waals surface area (Å²) in [7, 11) is -3.79. The van der Waals surface area contributed by atoms with Crippen LogP contribution in [-0.2, 0) is 14.8 Å². The van der Waals surface area contributed by atoms with Gasteiger partial charge in [0.1, 0.15) is 5.54 Å². The molecular weight excluding hydrogens is 286 g/mol. The molecule has 9 heteroatoms. The van der Waals surface area contributed by atoms with Gasteiger partial charge in [0.25, 0.3) is 0 Å². The zero-order chi connectivity index (χ0) is 15.6. The van der Waals surface area contributed by atoms with Gasteiger partial charge in [-0.1, -0.05) is 0 Å². The minimum Gasteiger partial charge on any atom is -0.480 e. The summed E-state index contributed by atoms with van der Waals surface area (Å²) in [6.07, 6.45) is 0. The van der Waals surface area contributed by atoms with Crippen molar-refractivity contribution in [3.05, 3.63) is 24.3 Å². The molecular formula is C11H15N3O5S. The van der Waals surface area contributed by atoms with E-state index in [4.69, 9.17) is 10.2 Å². The van der Waals surface area contributed by atoms with Gasteiger partial charge < -0.3 is 15.7 Å². The molecule has 0 radical (unpaired) electrons. The second-order valence-corrected chi connectivity index (χ2v) is 6.14. The van der Waals surface area contributed by atoms with E-state index in [1.54, 1.807) is 0 Å². The summed E-state index contributed by atoms with van der Waals surface area (Å²) >= 11 is 0. The van der Waals surface area contributed by atoms with Gasteiger partial charge in [-0.15, -0.1) is 0 Å². The van der Waals surface area contributed by atoms with Crippen LogP contribution in [0.5, 0.6) is 0 Å². The van der Waals surface area contributed by atoms with E-state index in [0.717, 1.165) is 0 Å². The number of nitrogens with two attached hydrogens (primary N) is 1. The first kappa shape index (κ1) is 15.9. The Hall–Kier alpha value is -2.13. The van der Waals surface area contributed by atoms with E-state index < -0.39 is 27.6 Å². The second-order valence-electron chi connectivity index (χ2n) is 4.58. The van der Waals surface area contributed by atoms with Crippen molar-refractivity contribution in [1.82, 2.24) is 5.32 Å². The molecule has 0 aliphatic carbocycles. The van der Waals surface area contributed by atoms with Gasteiger partial charge >= 0.3 is 12.0 Å². The number of sulfonamides is 1. The molecule has 0 atom stereocenters. The summed E-state index contributed by atoms with van der Waals surface area (Å²) in [6, 6.07) is 4.42. The number of anilines is 1. The largest absolute Gasteiger partial charge is 0.480 e. The number of aliphatic carboxylic acids is 1. The Kier molecular flexibility index (Phi) is 4.36. The smallest absolute Gasteiger partial charge is 0.328 e. The van der Waals surface area contributed by atoms with Crippen molar-refractivity contribution < 1.29 is 23.1 Å². The number of carboxylic acids is 1. The average molecular weight is 301 g/mol. The number of hydrogen-bond donors (Lipinski definition) is 4. The van der Waals surface area contributed by atoms with Gasteiger partial charge in [-0.3, -0.25) is 0 Å². The number of hydrogen-bond acceptors (Lipinski definition) is 4. The summed E-state index contributed by atoms with van der Waals surface area (Å²) in [5.74, 6) is -1.18. The molecule has 110 valence electrons. The van der Waals surface area contributed by atoms with Crippen molar-refractivity contribution in [2.24, 2.45) is 5.14 Å². The lowest BCUT2D eigenvalue weighted by Crippen LogP contribution is -2.51. The summed E-state index contributed by atoms with van der Waals surface area (Å²) in [5, 5.41) is 18.4. The maximum Gasteiger partial charge on any atom is 0.328 e. The maximum atomic E-state index is 11.6. The quantitative estimate of drug-likeness (QED) is 0.634. The molecule has 0 saturated heterocycles. The van der Waals surface area contributed by atoms with Crippen LogP contribution in [0.1, 0.15) is 13.8 Å². The van der Waals surface area contributed by atoms with E-state index in [1.807, 2.05) is 0 Å². The van der Waals surface area contributed by atoms with Crippen LogP contribution in [-0.4, -0.2) is 31.1 Å². The summed E-state index contributed by atoms with van der Waals surface area (Å²) in [5.41, 5.74) is -1.12. The minimum atomic E-state index is -3.79. The fourth-order valence-electron chi connectivity index (χ4n) is 1.23. The highest BCUT2D eigenvalue weighted by Crippen LogP contribution is 2.13. The molecule has 0 bridgehead atoms. The van der Waals surface area contributed by atoms with E-state index in [0.29, 0.717) is 5.69 Å². The molecule has 20 heavy (non-hydrogen) atoms. The minimum absolute atomic E-state index is 0.0886. The van der Waals surface area contributed by atoms with Crippen LogP contribution >= 0.6 is 0 Å². The van der Waals surface area contributed by atoms with Gasteiger partial charge in [0, 0.05) is 5.69 Å². The molecule has 1 rings (SSSR count). The van der Waals surface area contributed by atoms with Crippen LogP contribution in [0.3, 0.4) is 0 Å². The van der Waals surface area contributed by atoms with Crippen molar-refractivity contribution in [2.75, 3.05) is 5.32 Å². The van der Waals surface area contributed by atoms with Crippen molar-refractivity contribution in [1.29, 1.82) is 0 Å². The predicted molar refractivity (Wildman–Crippen MR) is 71.7 cm³/mol. The topological polar surface area (TPSA) is 139 Å². The van der Waals surface area contributed by atoms with Crippen LogP contribution in [0.15, 0.2) is 29.2 Å². The predicted octanol–water partition coefficient (Wildman–Crippen LogP) is 0.319. The molecule has 1 aromatic rings. The van der Waals surface area contributed by atoms with Crippen LogP contribution in [0.2, 0.25) is 0 Å². The van der Waals surface area contributed by atoms with E-state index in [2.05, 4.69) is 10.6 Å². The van der Waals surface area contributed by atoms with Crippen LogP contribution in [0.25, 0.3) is 0 Å². The number of carbonyl (C=O) groups is 2. The first-order valence-electron chi connectivity index (χ1n) is 5.48. The van der Waals surface area contributed by atoms with Crippen molar-refractivity contribution in [3.63, 3.8) is 0 Å². The third kappa shape index (κ3) is 4.21. The first-order valence-corrected chi connectivity index (χ1v) is 7.02. The highest BCUT2D eigenvalue weighted by atomic mass is 32.2. The Morgan fingerprint density at radius 2 is 1.70 bits per heavy atom. The van der Waals surface area contributed by atoms with Crippen LogP contribution in [0, 0.1) is 0 Å². The maximum absolute atomic E-state index is 11.6. The van der Waals surface area contributed by atoms with Crippen molar-refractivity contribution in [3.8, 4) is 0 Å². The van der Waals surface area contributed by atoms with Gasteiger partial charge in [-0.2, -0.15) is 0 Å². The fourth-order valence-corrected chi connectivity index (χ4v) is 1.74. The summed E-state index contributed by atoms with van der Waals surface area (Å²) in [6.45, 7) is 2.66. The highest BCUT2D eigenvalue weighted by Gasteiger charge is 2.28. The molecule has 0 aromatic heterocycles. The lowest BCUT2D eigenvalue weighted by atomic mass is 10.1. The molecule has 0 aliphatic heterocycles. The number of urea groups is 1. The number of carbonyl (C=O) groups excluding carboxylic acids is 1. The van der Waals surface area contributed by atoms with Gasteiger partial charge in [0.05, 0.1) is 4.90 Å². The molecule has 0 saturated carbocycles. The van der Waals surface area contributed by atoms with E-state index in [9.17, 15) is 18.0 Å². The first-order chi connectivity index (χ1) is 9.02. The van der Waals surface area contributed by atoms with Gasteiger partial charge in [-0.05, 0) is 38.1 Å². The number of primary sulfonamides is 1. The van der Waals surface area contributed by atoms with Crippen LogP contribution in [0.4, 0.5) is 10.5 Å². The Balaban J connectivity index is 2.75. The number of amides is 2. The Morgan fingerprint density at radius 1 is 1.20 bits per heavy atom. The van der Waals surface area contributed by atoms with Gasteiger partial charge in [0.2, 0.25) is 10.0 Å². The molecule has 0 spiro atoms. The molecule has 2 amide bonds. The molecule has 8 nitrogen and oxygen atoms in total. The molecule has 0 heterocycles. The second kappa shape index (κ2) is 5.47. The summed E-state index contributed by atoms with van der Waals surface area (Å²) in [4.78, 5) is 22.3. The van der Waals surface area contributed by atoms with E-state index >= 15 is 0 Å². The molecule has 0 fully saturated rings. The third-order valence-electron chi connectivity index (χ3n) is 2.40. The zero-order valence-electron chi connectivity index (χ0n) is 10.9. The molecule has 0 aliphatic rings. The number of carboxylic acid groups (broad SMARTS) is 1. The third-order valence-corrected chi connectivity index (χ3v) is 3.33. The molecule has 1 aromatic carbocycles. The number of benzene rings is 1. The van der Waals surface area contributed by atoms with Crippen LogP contribution < -0.4 is 15.8 Å². The van der Waals surface area contributed by atoms with E-state index in [1.165, 1.54) is 38.1 Å². The lowest BCUT2D eigenvalue weighted by molar-refractivity contribution is -0.142. The monoisotopic (exact) mass is 301 g/mol. The normalized spacial score (nSPS) is 11.8. The standard InChI is InChI=1S/C11H15N3O5S/c1-11(2,9(15)16)14-10(17)13-7-3-5-8(6-4-7)20(12,18)19/h3-6H,1-2H3,(H,15,16)(H2,12,18,19)(H2,13,14,17). The highest BCUT2D eigenvalue weighted by molar-refractivity contribution is 7.89. The Morgan fingerprint density at radius 3 is 2.10 bits per heavy atom. The number of nitrogens with one attached hydrogen (secondary N) is 2. The van der Waals surface area contributed by atoms with Gasteiger partial charge in [0.15, 0.2) is 0 Å². The van der Waals surface area contributed by atoms with Crippen molar-refractivity contribution >= 4 is 27.7 Å². The molecule has 5 N–H and O–H groups in total. The Bertz CT molecular complexity index is 622. The number of rotatable bonds is 4. The van der Waals surface area contributed by atoms with Crippen molar-refractivity contribution in [2.45, 2.75) is 24.3 Å².